The molecule has 0 saturated carbocycles. The zero-order chi connectivity index (χ0) is 32.6. The molecule has 2 aromatic carbocycles. The van der Waals surface area contributed by atoms with E-state index in [4.69, 9.17) is 0 Å². The van der Waals surface area contributed by atoms with Gasteiger partial charge >= 0.3 is 0 Å². The van der Waals surface area contributed by atoms with Crippen molar-refractivity contribution >= 4 is 41.3 Å². The van der Waals surface area contributed by atoms with E-state index in [1.54, 1.807) is 18.3 Å². The highest BCUT2D eigenvalue weighted by Crippen LogP contribution is 2.36. The maximum atomic E-state index is 13.3. The van der Waals surface area contributed by atoms with Gasteiger partial charge in [-0.15, -0.1) is 11.3 Å². The quantitative estimate of drug-likeness (QED) is 0.134. The number of carbonyl (C=O) groups excluding carboxylic acids is 2. The summed E-state index contributed by atoms with van der Waals surface area (Å²) in [5.74, 6) is 0.266. The molecular formula is C34H47F2N5O2S2. The van der Waals surface area contributed by atoms with Crippen molar-refractivity contribution in [2.24, 2.45) is 0 Å². The number of halogens is 2. The molecule has 5 rings (SSSR count). The van der Waals surface area contributed by atoms with Crippen LogP contribution in [-0.4, -0.2) is 60.7 Å². The van der Waals surface area contributed by atoms with E-state index in [0.717, 1.165) is 92.0 Å². The lowest BCUT2D eigenvalue weighted by Gasteiger charge is -2.29. The third kappa shape index (κ3) is 12.4. The molecule has 2 amide bonds. The van der Waals surface area contributed by atoms with Gasteiger partial charge in [0.2, 0.25) is 6.41 Å². The Morgan fingerprint density at radius 1 is 0.978 bits per heavy atom. The van der Waals surface area contributed by atoms with Crippen LogP contribution in [0.25, 0.3) is 0 Å². The normalized spacial score (nSPS) is 15.9. The maximum absolute atomic E-state index is 13.3. The fourth-order valence-corrected chi connectivity index (χ4v) is 7.17. The monoisotopic (exact) mass is 659 g/mol. The second kappa shape index (κ2) is 19.5. The van der Waals surface area contributed by atoms with Crippen LogP contribution >= 0.6 is 23.3 Å². The molecule has 0 bridgehead atoms. The van der Waals surface area contributed by atoms with Crippen molar-refractivity contribution in [1.29, 1.82) is 0 Å². The van der Waals surface area contributed by atoms with Gasteiger partial charge in [-0.05, 0) is 126 Å². The molecule has 3 heterocycles. The summed E-state index contributed by atoms with van der Waals surface area (Å²) in [7, 11) is 0. The molecule has 1 unspecified atom stereocenters. The average molecular weight is 660 g/mol. The van der Waals surface area contributed by atoms with Gasteiger partial charge in [0.1, 0.15) is 16.6 Å². The summed E-state index contributed by atoms with van der Waals surface area (Å²) >= 11 is 3.55. The minimum absolute atomic E-state index is 0.134. The van der Waals surface area contributed by atoms with Crippen LogP contribution in [0, 0.1) is 32.4 Å². The molecule has 11 heteroatoms. The van der Waals surface area contributed by atoms with E-state index >= 15 is 0 Å². The molecule has 7 nitrogen and oxygen atoms in total. The largest absolute Gasteiger partial charge is 0.359 e. The number of likely N-dealkylation sites (tertiary alicyclic amines) is 1. The lowest BCUT2D eigenvalue weighted by atomic mass is 10.1. The minimum Gasteiger partial charge on any atom is -0.359 e. The summed E-state index contributed by atoms with van der Waals surface area (Å²) in [4.78, 5) is 29.7. The number of nitrogens with one attached hydrogen (secondary N) is 2. The van der Waals surface area contributed by atoms with Crippen molar-refractivity contribution in [2.75, 3.05) is 42.8 Å². The number of aromatic nitrogens is 1. The lowest BCUT2D eigenvalue weighted by Crippen LogP contribution is -2.31. The Hall–Kier alpha value is -3.02. The van der Waals surface area contributed by atoms with E-state index in [-0.39, 0.29) is 11.9 Å². The van der Waals surface area contributed by atoms with Crippen molar-refractivity contribution in [3.05, 3.63) is 80.8 Å². The van der Waals surface area contributed by atoms with Gasteiger partial charge in [-0.25, -0.2) is 13.8 Å². The Balaban J connectivity index is 0.000000239. The number of thiazole rings is 1. The molecule has 0 radical (unpaired) electrons. The number of benzene rings is 2. The summed E-state index contributed by atoms with van der Waals surface area (Å²) in [5.41, 5.74) is 4.78. The van der Waals surface area contributed by atoms with Crippen molar-refractivity contribution in [1.82, 2.24) is 20.5 Å². The number of amides is 2. The number of aryl methyl sites for hydroxylation is 3. The van der Waals surface area contributed by atoms with Crippen LogP contribution in [-0.2, 0) is 4.79 Å². The molecule has 2 saturated heterocycles. The Bertz CT molecular complexity index is 1300. The minimum atomic E-state index is -0.521. The van der Waals surface area contributed by atoms with Gasteiger partial charge in [0, 0.05) is 53.8 Å². The molecule has 45 heavy (non-hydrogen) atoms. The predicted molar refractivity (Wildman–Crippen MR) is 183 cm³/mol. The number of nitrogens with zero attached hydrogens (tertiary/aromatic N) is 3. The highest BCUT2D eigenvalue weighted by atomic mass is 32.2. The average Bonchev–Trinajstić information content (AvgIpc) is 3.68. The van der Waals surface area contributed by atoms with Crippen LogP contribution in [0.15, 0.2) is 41.8 Å². The van der Waals surface area contributed by atoms with E-state index in [1.165, 1.54) is 37.1 Å². The summed E-state index contributed by atoms with van der Waals surface area (Å²) in [6, 6.07) is 9.86. The molecule has 0 aliphatic carbocycles. The first-order valence-corrected chi connectivity index (χ1v) is 17.6. The van der Waals surface area contributed by atoms with Crippen LogP contribution in [0.3, 0.4) is 0 Å². The third-order valence-electron chi connectivity index (χ3n) is 7.23. The first-order valence-electron chi connectivity index (χ1n) is 15.8. The smallest absolute Gasteiger partial charge is 0.254 e. The van der Waals surface area contributed by atoms with Gasteiger partial charge in [-0.1, -0.05) is 6.92 Å². The zero-order valence-corrected chi connectivity index (χ0v) is 28.5. The van der Waals surface area contributed by atoms with E-state index in [9.17, 15) is 18.4 Å². The lowest BCUT2D eigenvalue weighted by molar-refractivity contribution is -0.109. The molecule has 1 atom stereocenters. The predicted octanol–water partition coefficient (Wildman–Crippen LogP) is 7.38. The Labute approximate surface area is 275 Å². The van der Waals surface area contributed by atoms with Gasteiger partial charge in [0.15, 0.2) is 0 Å². The van der Waals surface area contributed by atoms with Crippen molar-refractivity contribution in [3.63, 3.8) is 0 Å². The Morgan fingerprint density at radius 2 is 1.73 bits per heavy atom. The molecule has 0 spiro atoms. The van der Waals surface area contributed by atoms with E-state index in [1.807, 2.05) is 29.8 Å². The number of anilines is 1. The SMILES string of the molecule is CCCNCCCNC=O.Cc1cc(C(=O)N2CCCC2c2nc(C)cs2)cc(N2CCCCS2)c1.Cc1cc(F)cc(F)c1. The van der Waals surface area contributed by atoms with Gasteiger partial charge in [-0.3, -0.25) is 9.59 Å². The highest BCUT2D eigenvalue weighted by molar-refractivity contribution is 8.00. The van der Waals surface area contributed by atoms with Gasteiger partial charge < -0.3 is 19.8 Å². The van der Waals surface area contributed by atoms with Crippen molar-refractivity contribution in [2.45, 2.75) is 72.3 Å². The van der Waals surface area contributed by atoms with E-state index < -0.39 is 11.6 Å². The summed E-state index contributed by atoms with van der Waals surface area (Å²) < 4.78 is 26.7. The van der Waals surface area contributed by atoms with Crippen LogP contribution in [0.2, 0.25) is 0 Å². The van der Waals surface area contributed by atoms with Gasteiger partial charge in [0.25, 0.3) is 5.91 Å². The number of rotatable bonds is 10. The fourth-order valence-electron chi connectivity index (χ4n) is 5.16. The van der Waals surface area contributed by atoms with Gasteiger partial charge in [0.05, 0.1) is 6.04 Å². The van der Waals surface area contributed by atoms with E-state index in [2.05, 4.69) is 51.3 Å². The van der Waals surface area contributed by atoms with Crippen LogP contribution in [0.1, 0.15) is 83.7 Å². The maximum Gasteiger partial charge on any atom is 0.254 e. The molecule has 3 aromatic rings. The van der Waals surface area contributed by atoms with Crippen molar-refractivity contribution < 1.29 is 18.4 Å². The standard InChI is InChI=1S/C20H25N3OS2.C7H6F2.C7H16N2O/c1-14-10-16(12-17(11-14)23-8-3-4-9-26-23)20(24)22-7-5-6-18(22)19-21-15(2)13-25-19;1-5-2-6(8)4-7(9)3-5;1-2-4-8-5-3-6-9-7-10/h10-13,18H,3-9H2,1-2H3;2-4H,1H3;7-8H,2-6H2,1H3,(H,9,10). The molecular weight excluding hydrogens is 613 g/mol. The summed E-state index contributed by atoms with van der Waals surface area (Å²) in [5, 5.41) is 9.00. The molecule has 1 aromatic heterocycles. The van der Waals surface area contributed by atoms with Crippen molar-refractivity contribution in [3.8, 4) is 0 Å². The summed E-state index contributed by atoms with van der Waals surface area (Å²) in [6.45, 7) is 12.6. The summed E-state index contributed by atoms with van der Waals surface area (Å²) in [6.07, 6.45) is 7.48. The first-order chi connectivity index (χ1) is 21.7. The fraction of sp³-hybridized carbons (Fsp3) is 0.500. The van der Waals surface area contributed by atoms with Crippen LogP contribution in [0.4, 0.5) is 14.5 Å². The number of carbonyl (C=O) groups is 2. The third-order valence-corrected chi connectivity index (χ3v) is 9.47. The molecule has 2 N–H and O–H groups in total. The molecule has 2 fully saturated rings. The van der Waals surface area contributed by atoms with Crippen LogP contribution < -0.4 is 14.9 Å². The Morgan fingerprint density at radius 3 is 2.36 bits per heavy atom. The topological polar surface area (TPSA) is 77.6 Å². The highest BCUT2D eigenvalue weighted by Gasteiger charge is 2.32. The zero-order valence-electron chi connectivity index (χ0n) is 26.9. The van der Waals surface area contributed by atoms with Crippen LogP contribution in [0.5, 0.6) is 0 Å². The molecule has 246 valence electrons. The van der Waals surface area contributed by atoms with E-state index in [0.29, 0.717) is 5.56 Å². The molecule has 2 aliphatic heterocycles. The second-order valence-electron chi connectivity index (χ2n) is 11.3. The number of hydrogen-bond acceptors (Lipinski definition) is 7. The van der Waals surface area contributed by atoms with Gasteiger partial charge in [-0.2, -0.15) is 0 Å². The second-order valence-corrected chi connectivity index (χ2v) is 13.3. The Kier molecular flexibility index (Phi) is 15.8. The first kappa shape index (κ1) is 36.4. The molecule has 2 aliphatic rings. The number of hydrogen-bond donors (Lipinski definition) is 2.